The first kappa shape index (κ1) is 22.0. The molecular formula is C17H13F7O3S. The van der Waals surface area contributed by atoms with Gasteiger partial charge in [0, 0.05) is 6.42 Å². The van der Waals surface area contributed by atoms with E-state index >= 15 is 0 Å². The molecule has 0 heterocycles. The van der Waals surface area contributed by atoms with Gasteiger partial charge in [-0.15, -0.1) is 0 Å². The summed E-state index contributed by atoms with van der Waals surface area (Å²) >= 11 is 0. The van der Waals surface area contributed by atoms with Crippen molar-refractivity contribution in [3.05, 3.63) is 53.8 Å². The van der Waals surface area contributed by atoms with Gasteiger partial charge in [-0.3, -0.25) is 0 Å². The third-order valence-corrected chi connectivity index (χ3v) is 4.74. The van der Waals surface area contributed by atoms with Crippen LogP contribution in [0.25, 0.3) is 11.1 Å². The van der Waals surface area contributed by atoms with Crippen LogP contribution in [0.1, 0.15) is 18.4 Å². The van der Waals surface area contributed by atoms with E-state index in [1.54, 1.807) is 0 Å². The molecule has 0 N–H and O–H groups in total. The molecule has 154 valence electrons. The molecule has 0 aliphatic heterocycles. The molecule has 0 atom stereocenters. The quantitative estimate of drug-likeness (QED) is 0.445. The lowest BCUT2D eigenvalue weighted by atomic mass is 9.99. The first-order valence-electron chi connectivity index (χ1n) is 7.73. The van der Waals surface area contributed by atoms with Crippen molar-refractivity contribution in [1.82, 2.24) is 0 Å². The monoisotopic (exact) mass is 430 g/mol. The summed E-state index contributed by atoms with van der Waals surface area (Å²) in [6.07, 6.45) is -11.4. The van der Waals surface area contributed by atoms with Crippen molar-refractivity contribution in [1.29, 1.82) is 0 Å². The summed E-state index contributed by atoms with van der Waals surface area (Å²) in [5.74, 6) is -2.39. The number of alkyl halides is 6. The van der Waals surface area contributed by atoms with Gasteiger partial charge in [-0.25, -0.2) is 4.39 Å². The average Bonchev–Trinajstić information content (AvgIpc) is 2.52. The van der Waals surface area contributed by atoms with Crippen LogP contribution >= 0.6 is 0 Å². The molecule has 0 amide bonds. The Bertz CT molecular complexity index is 934. The Hall–Kier alpha value is -2.30. The van der Waals surface area contributed by atoms with Crippen LogP contribution in [-0.2, 0) is 16.3 Å². The molecule has 0 unspecified atom stereocenters. The Morgan fingerprint density at radius 2 is 1.61 bits per heavy atom. The van der Waals surface area contributed by atoms with Crippen molar-refractivity contribution in [3.8, 4) is 16.9 Å². The van der Waals surface area contributed by atoms with E-state index in [2.05, 4.69) is 4.18 Å². The lowest BCUT2D eigenvalue weighted by molar-refractivity contribution is -0.137. The molecule has 0 aliphatic carbocycles. The summed E-state index contributed by atoms with van der Waals surface area (Å²) in [5.41, 5.74) is -1.78. The van der Waals surface area contributed by atoms with E-state index in [0.717, 1.165) is 24.3 Å². The van der Waals surface area contributed by atoms with Gasteiger partial charge in [-0.1, -0.05) is 18.2 Å². The predicted octanol–water partition coefficient (Wildman–Crippen LogP) is 5.56. The van der Waals surface area contributed by atoms with Gasteiger partial charge in [0.05, 0.1) is 11.3 Å². The van der Waals surface area contributed by atoms with Crippen molar-refractivity contribution >= 4 is 10.1 Å². The molecule has 11 heteroatoms. The van der Waals surface area contributed by atoms with Gasteiger partial charge in [-0.05, 0) is 41.8 Å². The second-order valence-electron chi connectivity index (χ2n) is 5.78. The second kappa shape index (κ2) is 7.98. The lowest BCUT2D eigenvalue weighted by Gasteiger charge is -2.14. The minimum atomic E-state index is -4.86. The SMILES string of the molecule is O=S(=O)(CCCC(F)(F)F)Oc1cccc(-c2ccc(F)cc2C(F)(F)F)c1. The van der Waals surface area contributed by atoms with E-state index in [9.17, 15) is 39.2 Å². The third kappa shape index (κ3) is 6.39. The zero-order chi connectivity index (χ0) is 21.2. The van der Waals surface area contributed by atoms with Gasteiger partial charge < -0.3 is 4.18 Å². The highest BCUT2D eigenvalue weighted by molar-refractivity contribution is 7.87. The molecule has 2 rings (SSSR count). The summed E-state index contributed by atoms with van der Waals surface area (Å²) in [5, 5.41) is 0. The van der Waals surface area contributed by atoms with E-state index in [1.165, 1.54) is 12.1 Å². The molecule has 2 aromatic rings. The molecule has 2 aromatic carbocycles. The molecule has 28 heavy (non-hydrogen) atoms. The fraction of sp³-hybridized carbons (Fsp3) is 0.294. The largest absolute Gasteiger partial charge is 0.417 e. The minimum Gasteiger partial charge on any atom is -0.382 e. The molecule has 0 bridgehead atoms. The van der Waals surface area contributed by atoms with Crippen molar-refractivity contribution < 1.29 is 43.3 Å². The zero-order valence-electron chi connectivity index (χ0n) is 13.9. The summed E-state index contributed by atoms with van der Waals surface area (Å²) < 4.78 is 117. The molecule has 3 nitrogen and oxygen atoms in total. The van der Waals surface area contributed by atoms with Crippen LogP contribution in [0.4, 0.5) is 30.7 Å². The van der Waals surface area contributed by atoms with Crippen molar-refractivity contribution in [2.45, 2.75) is 25.2 Å². The Morgan fingerprint density at radius 3 is 2.21 bits per heavy atom. The second-order valence-corrected chi connectivity index (χ2v) is 7.47. The van der Waals surface area contributed by atoms with Crippen LogP contribution in [0, 0.1) is 5.82 Å². The highest BCUT2D eigenvalue weighted by Crippen LogP contribution is 2.38. The van der Waals surface area contributed by atoms with E-state index in [4.69, 9.17) is 0 Å². The number of halogens is 7. The number of hydrogen-bond acceptors (Lipinski definition) is 3. The minimum absolute atomic E-state index is 0.102. The first-order valence-corrected chi connectivity index (χ1v) is 9.31. The van der Waals surface area contributed by atoms with Crippen LogP contribution in [0.5, 0.6) is 5.75 Å². The molecule has 0 aliphatic rings. The molecule has 0 saturated carbocycles. The van der Waals surface area contributed by atoms with Crippen molar-refractivity contribution in [3.63, 3.8) is 0 Å². The lowest BCUT2D eigenvalue weighted by Crippen LogP contribution is -2.16. The Kier molecular flexibility index (Phi) is 6.27. The Morgan fingerprint density at radius 1 is 0.929 bits per heavy atom. The average molecular weight is 430 g/mol. The van der Waals surface area contributed by atoms with Crippen LogP contribution in [0.2, 0.25) is 0 Å². The fourth-order valence-electron chi connectivity index (χ4n) is 2.36. The van der Waals surface area contributed by atoms with Gasteiger partial charge in [0.2, 0.25) is 0 Å². The molecule has 0 saturated heterocycles. The molecule has 0 aromatic heterocycles. The van der Waals surface area contributed by atoms with Crippen LogP contribution in [0.3, 0.4) is 0 Å². The van der Waals surface area contributed by atoms with E-state index < -0.39 is 58.0 Å². The van der Waals surface area contributed by atoms with Gasteiger partial charge >= 0.3 is 22.5 Å². The molecule has 0 spiro atoms. The molecular weight excluding hydrogens is 417 g/mol. The van der Waals surface area contributed by atoms with E-state index in [0.29, 0.717) is 6.07 Å². The standard InChI is InChI=1S/C17H13F7O3S/c18-12-5-6-14(15(10-12)17(22,23)24)11-3-1-4-13(9-11)27-28(25,26)8-2-7-16(19,20)21/h1,3-6,9-10H,2,7-8H2. The van der Waals surface area contributed by atoms with Crippen molar-refractivity contribution in [2.24, 2.45) is 0 Å². The summed E-state index contributed by atoms with van der Waals surface area (Å²) in [6, 6.07) is 6.54. The normalized spacial score (nSPS) is 12.8. The topological polar surface area (TPSA) is 43.4 Å². The molecule has 0 fully saturated rings. The predicted molar refractivity (Wildman–Crippen MR) is 86.5 cm³/mol. The van der Waals surface area contributed by atoms with E-state index in [-0.39, 0.29) is 11.3 Å². The van der Waals surface area contributed by atoms with Gasteiger partial charge in [0.15, 0.2) is 0 Å². The molecule has 0 radical (unpaired) electrons. The highest BCUT2D eigenvalue weighted by Gasteiger charge is 2.34. The van der Waals surface area contributed by atoms with Gasteiger partial charge in [-0.2, -0.15) is 34.8 Å². The summed E-state index contributed by atoms with van der Waals surface area (Å²) in [6.45, 7) is 0. The Balaban J connectivity index is 2.26. The van der Waals surface area contributed by atoms with Crippen LogP contribution in [-0.4, -0.2) is 20.3 Å². The summed E-state index contributed by atoms with van der Waals surface area (Å²) in [7, 11) is -4.38. The smallest absolute Gasteiger partial charge is 0.382 e. The third-order valence-electron chi connectivity index (χ3n) is 3.51. The zero-order valence-corrected chi connectivity index (χ0v) is 14.8. The van der Waals surface area contributed by atoms with E-state index in [1.807, 2.05) is 0 Å². The summed E-state index contributed by atoms with van der Waals surface area (Å²) in [4.78, 5) is 0. The van der Waals surface area contributed by atoms with Gasteiger partial charge in [0.1, 0.15) is 11.6 Å². The number of rotatable bonds is 6. The van der Waals surface area contributed by atoms with Crippen LogP contribution < -0.4 is 4.18 Å². The maximum Gasteiger partial charge on any atom is 0.417 e. The Labute approximate surface area is 155 Å². The van der Waals surface area contributed by atoms with Crippen molar-refractivity contribution in [2.75, 3.05) is 5.75 Å². The fourth-order valence-corrected chi connectivity index (χ4v) is 3.33. The number of benzene rings is 2. The number of hydrogen-bond donors (Lipinski definition) is 0. The highest BCUT2D eigenvalue weighted by atomic mass is 32.2. The van der Waals surface area contributed by atoms with Gasteiger partial charge in [0.25, 0.3) is 0 Å². The first-order chi connectivity index (χ1) is 12.8. The maximum atomic E-state index is 13.2. The maximum absolute atomic E-state index is 13.2. The van der Waals surface area contributed by atoms with Crippen LogP contribution in [0.15, 0.2) is 42.5 Å².